The number of halogens is 1. The molecule has 0 saturated carbocycles. The molecule has 0 N–H and O–H groups in total. The first-order chi connectivity index (χ1) is 9.74. The Morgan fingerprint density at radius 1 is 1.00 bits per heavy atom. The zero-order valence-electron chi connectivity index (χ0n) is 10.4. The molecule has 0 spiro atoms. The Bertz CT molecular complexity index is 703. The molecule has 0 radical (unpaired) electrons. The van der Waals surface area contributed by atoms with Crippen LogP contribution >= 0.6 is 11.6 Å². The molecule has 0 unspecified atom stereocenters. The van der Waals surface area contributed by atoms with Crippen LogP contribution in [0.4, 0.5) is 0 Å². The summed E-state index contributed by atoms with van der Waals surface area (Å²) in [4.78, 5) is 16.6. The van der Waals surface area contributed by atoms with Crippen molar-refractivity contribution < 1.29 is 9.63 Å². The SMILES string of the molecule is O=C1ON=C(c2ccc(Cl)cc2)/C1=C\c1ccccc1. The van der Waals surface area contributed by atoms with Crippen LogP contribution in [0.5, 0.6) is 0 Å². The van der Waals surface area contributed by atoms with Crippen molar-refractivity contribution in [3.05, 3.63) is 76.3 Å². The molecule has 4 heteroatoms. The van der Waals surface area contributed by atoms with Gasteiger partial charge < -0.3 is 4.84 Å². The number of hydrogen-bond acceptors (Lipinski definition) is 3. The average molecular weight is 284 g/mol. The standard InChI is InChI=1S/C16H10ClNO2/c17-13-8-6-12(7-9-13)15-14(16(19)20-18-15)10-11-4-2-1-3-5-11/h1-10H/b14-10+. The predicted molar refractivity (Wildman–Crippen MR) is 78.5 cm³/mol. The molecular formula is C16H10ClNO2. The largest absolute Gasteiger partial charge is 0.368 e. The lowest BCUT2D eigenvalue weighted by Gasteiger charge is -2.01. The minimum atomic E-state index is -0.446. The van der Waals surface area contributed by atoms with Gasteiger partial charge in [-0.15, -0.1) is 0 Å². The molecule has 1 aliphatic rings. The highest BCUT2D eigenvalue weighted by Gasteiger charge is 2.26. The van der Waals surface area contributed by atoms with Crippen LogP contribution in [0.25, 0.3) is 6.08 Å². The fourth-order valence-corrected chi connectivity index (χ4v) is 2.07. The number of hydrogen-bond donors (Lipinski definition) is 0. The molecule has 0 aromatic heterocycles. The number of carbonyl (C=O) groups excluding carboxylic acids is 1. The van der Waals surface area contributed by atoms with E-state index in [1.165, 1.54) is 0 Å². The minimum Gasteiger partial charge on any atom is -0.312 e. The highest BCUT2D eigenvalue weighted by Crippen LogP contribution is 2.21. The summed E-state index contributed by atoms with van der Waals surface area (Å²) in [5, 5.41) is 4.48. The van der Waals surface area contributed by atoms with Gasteiger partial charge in [0.15, 0.2) is 0 Å². The normalized spacial score (nSPS) is 16.1. The molecular weight excluding hydrogens is 274 g/mol. The molecule has 1 heterocycles. The first kappa shape index (κ1) is 12.6. The van der Waals surface area contributed by atoms with Crippen LogP contribution < -0.4 is 0 Å². The van der Waals surface area contributed by atoms with Crippen molar-refractivity contribution in [2.75, 3.05) is 0 Å². The monoisotopic (exact) mass is 283 g/mol. The lowest BCUT2D eigenvalue weighted by atomic mass is 10.0. The van der Waals surface area contributed by atoms with Gasteiger partial charge in [-0.3, -0.25) is 0 Å². The number of rotatable bonds is 2. The second-order valence-electron chi connectivity index (χ2n) is 4.29. The summed E-state index contributed by atoms with van der Waals surface area (Å²) in [7, 11) is 0. The van der Waals surface area contributed by atoms with Crippen molar-refractivity contribution in [3.8, 4) is 0 Å². The molecule has 0 amide bonds. The highest BCUT2D eigenvalue weighted by atomic mass is 35.5. The Labute approximate surface area is 121 Å². The minimum absolute atomic E-state index is 0.443. The zero-order valence-corrected chi connectivity index (χ0v) is 11.2. The van der Waals surface area contributed by atoms with Crippen molar-refractivity contribution in [2.24, 2.45) is 5.16 Å². The van der Waals surface area contributed by atoms with Crippen LogP contribution in [0, 0.1) is 0 Å². The van der Waals surface area contributed by atoms with Gasteiger partial charge in [0.05, 0.1) is 5.57 Å². The Hall–Kier alpha value is -2.39. The van der Waals surface area contributed by atoms with Crippen LogP contribution in [-0.2, 0) is 9.63 Å². The summed E-state index contributed by atoms with van der Waals surface area (Å²) in [5.74, 6) is -0.446. The molecule has 3 nitrogen and oxygen atoms in total. The molecule has 20 heavy (non-hydrogen) atoms. The van der Waals surface area contributed by atoms with E-state index in [1.807, 2.05) is 42.5 Å². The molecule has 2 aromatic carbocycles. The van der Waals surface area contributed by atoms with E-state index in [1.54, 1.807) is 18.2 Å². The van der Waals surface area contributed by atoms with Gasteiger partial charge in [-0.05, 0) is 23.8 Å². The van der Waals surface area contributed by atoms with Crippen molar-refractivity contribution in [1.82, 2.24) is 0 Å². The van der Waals surface area contributed by atoms with Gasteiger partial charge >= 0.3 is 5.97 Å². The number of benzene rings is 2. The fraction of sp³-hybridized carbons (Fsp3) is 0. The van der Waals surface area contributed by atoms with E-state index in [0.29, 0.717) is 16.3 Å². The van der Waals surface area contributed by atoms with Crippen molar-refractivity contribution in [2.45, 2.75) is 0 Å². The highest BCUT2D eigenvalue weighted by molar-refractivity contribution is 6.32. The van der Waals surface area contributed by atoms with E-state index in [2.05, 4.69) is 5.16 Å². The summed E-state index contributed by atoms with van der Waals surface area (Å²) < 4.78 is 0. The summed E-state index contributed by atoms with van der Waals surface area (Å²) in [5.41, 5.74) is 2.68. The number of oxime groups is 1. The van der Waals surface area contributed by atoms with Gasteiger partial charge in [-0.1, -0.05) is 59.2 Å². The third-order valence-electron chi connectivity index (χ3n) is 2.92. The lowest BCUT2D eigenvalue weighted by molar-refractivity contribution is -0.136. The van der Waals surface area contributed by atoms with Crippen molar-refractivity contribution in [3.63, 3.8) is 0 Å². The van der Waals surface area contributed by atoms with Crippen molar-refractivity contribution >= 4 is 29.4 Å². The summed E-state index contributed by atoms with van der Waals surface area (Å²) >= 11 is 5.86. The van der Waals surface area contributed by atoms with Crippen LogP contribution in [0.3, 0.4) is 0 Å². The third kappa shape index (κ3) is 2.49. The molecule has 0 aliphatic carbocycles. The van der Waals surface area contributed by atoms with E-state index in [9.17, 15) is 4.79 Å². The fourth-order valence-electron chi connectivity index (χ4n) is 1.94. The molecule has 1 aliphatic heterocycles. The molecule has 0 saturated heterocycles. The number of carbonyl (C=O) groups is 1. The smallest absolute Gasteiger partial charge is 0.312 e. The van der Waals surface area contributed by atoms with E-state index >= 15 is 0 Å². The van der Waals surface area contributed by atoms with Crippen LogP contribution in [-0.4, -0.2) is 11.7 Å². The second-order valence-corrected chi connectivity index (χ2v) is 4.73. The Balaban J connectivity index is 2.01. The van der Waals surface area contributed by atoms with Gasteiger partial charge in [0, 0.05) is 10.6 Å². The molecule has 0 bridgehead atoms. The van der Waals surface area contributed by atoms with Gasteiger partial charge in [-0.2, -0.15) is 0 Å². The maximum atomic E-state index is 11.8. The van der Waals surface area contributed by atoms with E-state index in [0.717, 1.165) is 11.1 Å². The average Bonchev–Trinajstić information content (AvgIpc) is 2.83. The maximum Gasteiger partial charge on any atom is 0.368 e. The summed E-state index contributed by atoms with van der Waals surface area (Å²) in [6, 6.07) is 16.7. The number of nitrogens with zero attached hydrogens (tertiary/aromatic N) is 1. The van der Waals surface area contributed by atoms with Crippen LogP contribution in [0.1, 0.15) is 11.1 Å². The van der Waals surface area contributed by atoms with Gasteiger partial charge in [0.25, 0.3) is 0 Å². The third-order valence-corrected chi connectivity index (χ3v) is 3.18. The van der Waals surface area contributed by atoms with E-state index < -0.39 is 5.97 Å². The topological polar surface area (TPSA) is 38.7 Å². The van der Waals surface area contributed by atoms with E-state index in [-0.39, 0.29) is 0 Å². The summed E-state index contributed by atoms with van der Waals surface area (Å²) in [6.45, 7) is 0. The van der Waals surface area contributed by atoms with Crippen LogP contribution in [0.2, 0.25) is 5.02 Å². The first-order valence-electron chi connectivity index (χ1n) is 6.06. The molecule has 2 aromatic rings. The Morgan fingerprint density at radius 2 is 1.70 bits per heavy atom. The summed E-state index contributed by atoms with van der Waals surface area (Å²) in [6.07, 6.45) is 1.77. The van der Waals surface area contributed by atoms with Gasteiger partial charge in [-0.25, -0.2) is 4.79 Å². The second kappa shape index (κ2) is 5.31. The maximum absolute atomic E-state index is 11.8. The molecule has 0 fully saturated rings. The van der Waals surface area contributed by atoms with Crippen molar-refractivity contribution in [1.29, 1.82) is 0 Å². The zero-order chi connectivity index (χ0) is 13.9. The molecule has 98 valence electrons. The Morgan fingerprint density at radius 3 is 2.40 bits per heavy atom. The Kier molecular flexibility index (Phi) is 3.35. The van der Waals surface area contributed by atoms with Crippen LogP contribution in [0.15, 0.2) is 65.3 Å². The van der Waals surface area contributed by atoms with Gasteiger partial charge in [0.1, 0.15) is 5.71 Å². The first-order valence-corrected chi connectivity index (χ1v) is 6.44. The predicted octanol–water partition coefficient (Wildman–Crippen LogP) is 3.68. The quantitative estimate of drug-likeness (QED) is 0.623. The van der Waals surface area contributed by atoms with Gasteiger partial charge in [0.2, 0.25) is 0 Å². The van der Waals surface area contributed by atoms with E-state index in [4.69, 9.17) is 16.4 Å². The molecule has 0 atom stereocenters. The molecule has 3 rings (SSSR count). The lowest BCUT2D eigenvalue weighted by Crippen LogP contribution is -2.06.